The maximum absolute atomic E-state index is 6.15. The van der Waals surface area contributed by atoms with Crippen molar-refractivity contribution in [2.75, 3.05) is 47.4 Å². The molecule has 0 aromatic rings. The Morgan fingerprint density at radius 2 is 1.88 bits per heavy atom. The molecule has 4 heteroatoms. The van der Waals surface area contributed by atoms with E-state index in [4.69, 9.17) is 10.5 Å². The van der Waals surface area contributed by atoms with E-state index in [-0.39, 0.29) is 6.04 Å². The molecule has 0 aromatic carbocycles. The molecular formula is C13H31N3O. The van der Waals surface area contributed by atoms with Crippen molar-refractivity contribution in [2.45, 2.75) is 38.8 Å². The fraction of sp³-hybridized carbons (Fsp3) is 1.00. The standard InChI is InChI=1S/C13H31N3O/c1-6-16(12(2)10-15(3)4)11-13(14)8-7-9-17-5/h12-13H,6-11,14H2,1-5H3. The Kier molecular flexibility index (Phi) is 9.74. The number of hydrogen-bond donors (Lipinski definition) is 1. The van der Waals surface area contributed by atoms with E-state index in [9.17, 15) is 0 Å². The summed E-state index contributed by atoms with van der Waals surface area (Å²) in [6.07, 6.45) is 2.09. The quantitative estimate of drug-likeness (QED) is 0.583. The van der Waals surface area contributed by atoms with E-state index in [0.29, 0.717) is 6.04 Å². The number of rotatable bonds is 10. The zero-order valence-corrected chi connectivity index (χ0v) is 12.3. The Hall–Kier alpha value is -0.160. The van der Waals surface area contributed by atoms with Crippen molar-refractivity contribution in [3.05, 3.63) is 0 Å². The molecule has 0 spiro atoms. The molecular weight excluding hydrogens is 214 g/mol. The van der Waals surface area contributed by atoms with Gasteiger partial charge >= 0.3 is 0 Å². The van der Waals surface area contributed by atoms with Crippen LogP contribution in [0.5, 0.6) is 0 Å². The van der Waals surface area contributed by atoms with E-state index in [0.717, 1.165) is 39.1 Å². The van der Waals surface area contributed by atoms with Gasteiger partial charge in [-0.2, -0.15) is 0 Å². The second-order valence-corrected chi connectivity index (χ2v) is 5.09. The molecule has 2 N–H and O–H groups in total. The Labute approximate surface area is 107 Å². The first kappa shape index (κ1) is 16.8. The third-order valence-electron chi connectivity index (χ3n) is 3.05. The van der Waals surface area contributed by atoms with Crippen LogP contribution in [0.3, 0.4) is 0 Å². The fourth-order valence-electron chi connectivity index (χ4n) is 2.15. The lowest BCUT2D eigenvalue weighted by Gasteiger charge is -2.32. The van der Waals surface area contributed by atoms with Crippen molar-refractivity contribution in [3.8, 4) is 0 Å². The molecule has 0 radical (unpaired) electrons. The van der Waals surface area contributed by atoms with Gasteiger partial charge in [-0.3, -0.25) is 4.90 Å². The smallest absolute Gasteiger partial charge is 0.0462 e. The minimum atomic E-state index is 0.259. The first-order valence-electron chi connectivity index (χ1n) is 6.64. The largest absolute Gasteiger partial charge is 0.385 e. The summed E-state index contributed by atoms with van der Waals surface area (Å²) >= 11 is 0. The normalized spacial score (nSPS) is 15.5. The monoisotopic (exact) mass is 245 g/mol. The lowest BCUT2D eigenvalue weighted by Crippen LogP contribution is -2.46. The van der Waals surface area contributed by atoms with Gasteiger partial charge in [-0.1, -0.05) is 6.92 Å². The highest BCUT2D eigenvalue weighted by Crippen LogP contribution is 2.04. The van der Waals surface area contributed by atoms with Crippen LogP contribution in [0.25, 0.3) is 0 Å². The van der Waals surface area contributed by atoms with E-state index < -0.39 is 0 Å². The summed E-state index contributed by atoms with van der Waals surface area (Å²) in [6, 6.07) is 0.818. The zero-order chi connectivity index (χ0) is 13.3. The zero-order valence-electron chi connectivity index (χ0n) is 12.3. The van der Waals surface area contributed by atoms with Crippen LogP contribution in [0, 0.1) is 0 Å². The van der Waals surface area contributed by atoms with Crippen LogP contribution in [-0.4, -0.2) is 69.3 Å². The average Bonchev–Trinajstić information content (AvgIpc) is 2.25. The number of likely N-dealkylation sites (N-methyl/N-ethyl adjacent to an activating group) is 2. The molecule has 2 atom stereocenters. The van der Waals surface area contributed by atoms with Gasteiger partial charge in [0.25, 0.3) is 0 Å². The first-order valence-corrected chi connectivity index (χ1v) is 6.64. The molecule has 0 saturated heterocycles. The molecule has 0 heterocycles. The number of ether oxygens (including phenoxy) is 1. The third-order valence-corrected chi connectivity index (χ3v) is 3.05. The number of methoxy groups -OCH3 is 1. The van der Waals surface area contributed by atoms with Gasteiger partial charge in [-0.15, -0.1) is 0 Å². The van der Waals surface area contributed by atoms with Crippen LogP contribution in [0.4, 0.5) is 0 Å². The molecule has 0 aromatic heterocycles. The summed E-state index contributed by atoms with van der Waals surface area (Å²) in [5.74, 6) is 0. The minimum absolute atomic E-state index is 0.259. The highest BCUT2D eigenvalue weighted by atomic mass is 16.5. The van der Waals surface area contributed by atoms with Gasteiger partial charge in [0.1, 0.15) is 0 Å². The summed E-state index contributed by atoms with van der Waals surface area (Å²) in [7, 11) is 5.97. The summed E-state index contributed by atoms with van der Waals surface area (Å²) in [5.41, 5.74) is 6.15. The predicted molar refractivity (Wildman–Crippen MR) is 74.3 cm³/mol. The van der Waals surface area contributed by atoms with Crippen LogP contribution >= 0.6 is 0 Å². The highest BCUT2D eigenvalue weighted by Gasteiger charge is 2.15. The van der Waals surface area contributed by atoms with Crippen LogP contribution in [0.2, 0.25) is 0 Å². The van der Waals surface area contributed by atoms with Crippen molar-refractivity contribution in [1.29, 1.82) is 0 Å². The second kappa shape index (κ2) is 9.83. The maximum atomic E-state index is 6.15. The number of nitrogens with zero attached hydrogens (tertiary/aromatic N) is 2. The molecule has 0 aliphatic heterocycles. The molecule has 0 bridgehead atoms. The molecule has 17 heavy (non-hydrogen) atoms. The third kappa shape index (κ3) is 8.55. The van der Waals surface area contributed by atoms with Gasteiger partial charge in [0.05, 0.1) is 0 Å². The van der Waals surface area contributed by atoms with Crippen LogP contribution in [-0.2, 0) is 4.74 Å². The maximum Gasteiger partial charge on any atom is 0.0462 e. The molecule has 0 rings (SSSR count). The van der Waals surface area contributed by atoms with Gasteiger partial charge in [0.2, 0.25) is 0 Å². The fourth-order valence-corrected chi connectivity index (χ4v) is 2.15. The molecule has 4 nitrogen and oxygen atoms in total. The van der Waals surface area contributed by atoms with E-state index in [1.54, 1.807) is 7.11 Å². The van der Waals surface area contributed by atoms with Crippen LogP contribution < -0.4 is 5.73 Å². The summed E-state index contributed by atoms with van der Waals surface area (Å²) in [4.78, 5) is 4.68. The first-order chi connectivity index (χ1) is 8.01. The molecule has 0 aliphatic carbocycles. The molecule has 0 amide bonds. The van der Waals surface area contributed by atoms with E-state index in [1.807, 2.05) is 0 Å². The van der Waals surface area contributed by atoms with Crippen molar-refractivity contribution >= 4 is 0 Å². The molecule has 2 unspecified atom stereocenters. The van der Waals surface area contributed by atoms with Gasteiger partial charge in [-0.05, 0) is 40.4 Å². The van der Waals surface area contributed by atoms with E-state index in [1.165, 1.54) is 0 Å². The van der Waals surface area contributed by atoms with Gasteiger partial charge in [-0.25, -0.2) is 0 Å². The Bertz CT molecular complexity index is 176. The second-order valence-electron chi connectivity index (χ2n) is 5.09. The summed E-state index contributed by atoms with van der Waals surface area (Å²) in [5, 5.41) is 0. The topological polar surface area (TPSA) is 41.7 Å². The highest BCUT2D eigenvalue weighted by molar-refractivity contribution is 4.74. The molecule has 0 fully saturated rings. The predicted octanol–water partition coefficient (Wildman–Crippen LogP) is 1.01. The summed E-state index contributed by atoms with van der Waals surface area (Å²) in [6.45, 7) is 8.41. The Morgan fingerprint density at radius 3 is 2.35 bits per heavy atom. The summed E-state index contributed by atoms with van der Waals surface area (Å²) < 4.78 is 5.05. The van der Waals surface area contributed by atoms with Crippen LogP contribution in [0.1, 0.15) is 26.7 Å². The van der Waals surface area contributed by atoms with Crippen LogP contribution in [0.15, 0.2) is 0 Å². The number of hydrogen-bond acceptors (Lipinski definition) is 4. The van der Waals surface area contributed by atoms with E-state index >= 15 is 0 Å². The SMILES string of the molecule is CCN(CC(N)CCCOC)C(C)CN(C)C. The van der Waals surface area contributed by atoms with Gasteiger partial charge in [0.15, 0.2) is 0 Å². The lowest BCUT2D eigenvalue weighted by molar-refractivity contribution is 0.161. The van der Waals surface area contributed by atoms with Crippen molar-refractivity contribution in [3.63, 3.8) is 0 Å². The Balaban J connectivity index is 3.93. The van der Waals surface area contributed by atoms with Gasteiger partial charge < -0.3 is 15.4 Å². The molecule has 0 aliphatic rings. The average molecular weight is 245 g/mol. The van der Waals surface area contributed by atoms with Crippen molar-refractivity contribution in [1.82, 2.24) is 9.80 Å². The molecule has 0 saturated carbocycles. The molecule has 104 valence electrons. The Morgan fingerprint density at radius 1 is 1.24 bits per heavy atom. The lowest BCUT2D eigenvalue weighted by atomic mass is 10.1. The van der Waals surface area contributed by atoms with Gasteiger partial charge in [0, 0.05) is 38.9 Å². The minimum Gasteiger partial charge on any atom is -0.385 e. The number of nitrogens with two attached hydrogens (primary N) is 1. The van der Waals surface area contributed by atoms with Crippen molar-refractivity contribution in [2.24, 2.45) is 5.73 Å². The van der Waals surface area contributed by atoms with E-state index in [2.05, 4.69) is 37.7 Å². The van der Waals surface area contributed by atoms with Crippen molar-refractivity contribution < 1.29 is 4.74 Å².